The Morgan fingerprint density at radius 3 is 1.21 bits per heavy atom. The summed E-state index contributed by atoms with van der Waals surface area (Å²) < 4.78 is 85.1. The first-order valence-corrected chi connectivity index (χ1v) is 4.31. The maximum absolute atomic E-state index is 13.4. The summed E-state index contributed by atoms with van der Waals surface area (Å²) in [7, 11) is 0. The molecule has 0 atom stereocenters. The van der Waals surface area contributed by atoms with Crippen molar-refractivity contribution >= 4 is 0 Å². The zero-order valence-electron chi connectivity index (χ0n) is 8.66. The predicted octanol–water partition coefficient (Wildman–Crippen LogP) is 2.68. The Kier molecular flexibility index (Phi) is 4.67. The monoisotopic (exact) mass is 302 g/mol. The molecule has 0 aliphatic carbocycles. The number of rotatable bonds is 5. The van der Waals surface area contributed by atoms with E-state index in [4.69, 9.17) is 0 Å². The van der Waals surface area contributed by atoms with E-state index >= 15 is 0 Å². The lowest BCUT2D eigenvalue weighted by Crippen LogP contribution is -2.51. The molecule has 112 valence electrons. The third-order valence-electron chi connectivity index (χ3n) is 1.99. The van der Waals surface area contributed by atoms with E-state index in [1.165, 1.54) is 0 Å². The van der Waals surface area contributed by atoms with Crippen LogP contribution in [0.3, 0.4) is 0 Å². The molecule has 0 saturated heterocycles. The molecule has 13 heteroatoms. The lowest BCUT2D eigenvalue weighted by molar-refractivity contribution is -0.843. The predicted molar refractivity (Wildman–Crippen MR) is 42.7 cm³/mol. The quantitative estimate of drug-likeness (QED) is 0.257. The van der Waals surface area contributed by atoms with Gasteiger partial charge >= 0.3 is 18.3 Å². The normalized spacial score (nSPS) is 13.7. The number of nitrogens with zero attached hydrogens (tertiary/aromatic N) is 2. The summed E-state index contributed by atoms with van der Waals surface area (Å²) in [4.78, 5) is 15.4. The van der Waals surface area contributed by atoms with Crippen LogP contribution in [-0.4, -0.2) is 28.1 Å². The molecule has 6 nitrogen and oxygen atoms in total. The first-order valence-electron chi connectivity index (χ1n) is 4.31. The maximum atomic E-state index is 13.4. The van der Waals surface area contributed by atoms with Gasteiger partial charge in [-0.1, -0.05) is 4.39 Å². The number of alkyl halides is 7. The summed E-state index contributed by atoms with van der Waals surface area (Å²) in [5.74, 6) is -8.58. The zero-order chi connectivity index (χ0) is 15.6. The molecule has 0 aromatic rings. The second kappa shape index (κ2) is 5.13. The van der Waals surface area contributed by atoms with Gasteiger partial charge < -0.3 is 0 Å². The molecule has 0 radical (unpaired) electrons. The third-order valence-corrected chi connectivity index (χ3v) is 1.99. The minimum absolute atomic E-state index is 2.41. The second-order valence-electron chi connectivity index (χ2n) is 3.49. The number of nitro groups is 2. The van der Waals surface area contributed by atoms with Crippen molar-refractivity contribution in [3.8, 4) is 0 Å². The molecule has 0 spiro atoms. The highest BCUT2D eigenvalue weighted by Crippen LogP contribution is 2.40. The highest BCUT2D eigenvalue weighted by molar-refractivity contribution is 4.75. The van der Waals surface area contributed by atoms with Gasteiger partial charge in [0.1, 0.15) is 9.85 Å². The summed E-state index contributed by atoms with van der Waals surface area (Å²) in [6.45, 7) is 0. The molecule has 0 heterocycles. The van der Waals surface area contributed by atoms with Crippen LogP contribution < -0.4 is 0 Å². The Balaban J connectivity index is 5.55. The second-order valence-corrected chi connectivity index (χ2v) is 3.49. The lowest BCUT2D eigenvalue weighted by Gasteiger charge is -2.21. The van der Waals surface area contributed by atoms with E-state index in [2.05, 4.69) is 0 Å². The smallest absolute Gasteiger partial charge is 0.256 e. The Labute approximate surface area is 99.0 Å². The number of halogens is 7. The van der Waals surface area contributed by atoms with E-state index in [1.54, 1.807) is 0 Å². The van der Waals surface area contributed by atoms with Crippen LogP contribution in [0.4, 0.5) is 30.7 Å². The molecule has 0 aliphatic rings. The molecular formula is C6H5F7N2O4. The largest absolute Gasteiger partial charge is 0.617 e. The van der Waals surface area contributed by atoms with Crippen LogP contribution >= 0.6 is 0 Å². The fraction of sp³-hybridized carbons (Fsp3) is 1.00. The van der Waals surface area contributed by atoms with Crippen LogP contribution in [0, 0.1) is 26.1 Å². The highest BCUT2D eigenvalue weighted by Gasteiger charge is 2.68. The van der Waals surface area contributed by atoms with Crippen molar-refractivity contribution in [3.63, 3.8) is 0 Å². The third kappa shape index (κ3) is 4.82. The minimum Gasteiger partial charge on any atom is -0.256 e. The van der Waals surface area contributed by atoms with Gasteiger partial charge in [0.15, 0.2) is 5.92 Å². The van der Waals surface area contributed by atoms with Gasteiger partial charge in [-0.2, -0.15) is 26.3 Å². The fourth-order valence-corrected chi connectivity index (χ4v) is 1.26. The molecule has 0 rings (SSSR count). The molecule has 0 fully saturated rings. The molecule has 0 amide bonds. The molecule has 0 unspecified atom stereocenters. The van der Waals surface area contributed by atoms with Crippen molar-refractivity contribution in [2.24, 2.45) is 5.92 Å². The molecule has 0 aromatic heterocycles. The van der Waals surface area contributed by atoms with Crippen LogP contribution in [0.1, 0.15) is 12.8 Å². The van der Waals surface area contributed by atoms with Gasteiger partial charge in [-0.3, -0.25) is 20.2 Å². The first-order chi connectivity index (χ1) is 8.20. The SMILES string of the molecule is O=[N+]([O-])C(F)(C(CC(F)(F)F)CC(F)(F)F)[N+](=O)[O-]. The van der Waals surface area contributed by atoms with Crippen molar-refractivity contribution in [3.05, 3.63) is 20.2 Å². The van der Waals surface area contributed by atoms with E-state index in [-0.39, 0.29) is 0 Å². The molecule has 19 heavy (non-hydrogen) atoms. The molecule has 0 N–H and O–H groups in total. The van der Waals surface area contributed by atoms with Crippen molar-refractivity contribution in [2.75, 3.05) is 0 Å². The number of hydrogen-bond donors (Lipinski definition) is 0. The van der Waals surface area contributed by atoms with E-state index in [1.807, 2.05) is 0 Å². The van der Waals surface area contributed by atoms with E-state index in [0.717, 1.165) is 0 Å². The summed E-state index contributed by atoms with van der Waals surface area (Å²) in [5.41, 5.74) is 0. The van der Waals surface area contributed by atoms with Gasteiger partial charge in [-0.05, 0) is 0 Å². The van der Waals surface area contributed by atoms with Gasteiger partial charge in [-0.25, -0.2) is 0 Å². The number of hydrogen-bond acceptors (Lipinski definition) is 4. The molecule has 0 aliphatic heterocycles. The lowest BCUT2D eigenvalue weighted by atomic mass is 9.95. The van der Waals surface area contributed by atoms with E-state index < -0.39 is 46.9 Å². The van der Waals surface area contributed by atoms with Crippen molar-refractivity contribution < 1.29 is 40.6 Å². The average molecular weight is 302 g/mol. The van der Waals surface area contributed by atoms with Gasteiger partial charge in [-0.15, -0.1) is 0 Å². The van der Waals surface area contributed by atoms with E-state index in [0.29, 0.717) is 0 Å². The van der Waals surface area contributed by atoms with Gasteiger partial charge in [0.05, 0.1) is 12.8 Å². The highest BCUT2D eigenvalue weighted by atomic mass is 19.4. The minimum atomic E-state index is -5.43. The van der Waals surface area contributed by atoms with Crippen LogP contribution in [0.2, 0.25) is 0 Å². The average Bonchev–Trinajstić information content (AvgIpc) is 2.09. The van der Waals surface area contributed by atoms with Crippen LogP contribution in [0.25, 0.3) is 0 Å². The molecule has 0 bridgehead atoms. The molecular weight excluding hydrogens is 297 g/mol. The van der Waals surface area contributed by atoms with Crippen molar-refractivity contribution in [2.45, 2.75) is 31.1 Å². The van der Waals surface area contributed by atoms with E-state index in [9.17, 15) is 51.0 Å². The van der Waals surface area contributed by atoms with Gasteiger partial charge in [0.2, 0.25) is 0 Å². The Hall–Kier alpha value is -1.69. The summed E-state index contributed by atoms with van der Waals surface area (Å²) >= 11 is 0. The van der Waals surface area contributed by atoms with Gasteiger partial charge in [0, 0.05) is 0 Å². The Morgan fingerprint density at radius 2 is 1.05 bits per heavy atom. The van der Waals surface area contributed by atoms with Gasteiger partial charge in [0.25, 0.3) is 0 Å². The Morgan fingerprint density at radius 1 is 0.789 bits per heavy atom. The molecule has 0 aromatic carbocycles. The first kappa shape index (κ1) is 17.3. The summed E-state index contributed by atoms with van der Waals surface area (Å²) in [6, 6.07) is 0. The molecule has 0 saturated carbocycles. The van der Waals surface area contributed by atoms with Crippen LogP contribution in [0.5, 0.6) is 0 Å². The summed E-state index contributed by atoms with van der Waals surface area (Å²) in [6.07, 6.45) is -16.2. The van der Waals surface area contributed by atoms with Crippen LogP contribution in [0.15, 0.2) is 0 Å². The fourth-order valence-electron chi connectivity index (χ4n) is 1.26. The standard InChI is InChI=1S/C6H5F7N2O4/c7-4(8,9)1-3(2-5(10,11)12)6(13,14(16)17)15(18)19/h3H,1-2H2. The zero-order valence-corrected chi connectivity index (χ0v) is 8.66. The summed E-state index contributed by atoms with van der Waals surface area (Å²) in [5, 5.41) is 20.3. The topological polar surface area (TPSA) is 86.3 Å². The Bertz CT molecular complexity index is 336. The van der Waals surface area contributed by atoms with Crippen LogP contribution in [-0.2, 0) is 0 Å². The van der Waals surface area contributed by atoms with Crippen molar-refractivity contribution in [1.82, 2.24) is 0 Å². The van der Waals surface area contributed by atoms with Crippen molar-refractivity contribution in [1.29, 1.82) is 0 Å². The maximum Gasteiger partial charge on any atom is 0.617 e.